The number of pyridine rings is 1. The van der Waals surface area contributed by atoms with Crippen LogP contribution in [0.1, 0.15) is 26.4 Å². The highest BCUT2D eigenvalue weighted by molar-refractivity contribution is 6.01. The fourth-order valence-electron chi connectivity index (χ4n) is 1.57. The number of aromatic nitrogens is 1. The topological polar surface area (TPSA) is 82.9 Å². The van der Waals surface area contributed by atoms with Crippen molar-refractivity contribution in [1.29, 1.82) is 5.26 Å². The van der Waals surface area contributed by atoms with Crippen molar-refractivity contribution in [3.8, 4) is 6.07 Å². The van der Waals surface area contributed by atoms with Gasteiger partial charge in [-0.25, -0.2) is 4.98 Å². The first kappa shape index (κ1) is 13.4. The summed E-state index contributed by atoms with van der Waals surface area (Å²) in [5.41, 5.74) is 1.09. The van der Waals surface area contributed by atoms with E-state index >= 15 is 0 Å². The van der Waals surface area contributed by atoms with Gasteiger partial charge in [-0.3, -0.25) is 9.59 Å². The molecule has 2 rings (SSSR count). The van der Waals surface area contributed by atoms with Crippen LogP contribution in [0.25, 0.3) is 0 Å². The summed E-state index contributed by atoms with van der Waals surface area (Å²) in [6.07, 6.45) is 1.31. The molecule has 0 aliphatic carbocycles. The van der Waals surface area contributed by atoms with Crippen LogP contribution in [-0.4, -0.2) is 23.2 Å². The van der Waals surface area contributed by atoms with Crippen LogP contribution in [0.5, 0.6) is 0 Å². The number of hydrogen-bond acceptors (Lipinski definition) is 4. The molecule has 0 unspecified atom stereocenters. The molecule has 0 radical (unpaired) electrons. The molecule has 1 N–H and O–H groups in total. The maximum atomic E-state index is 11.8. The molecule has 1 amide bonds. The Morgan fingerprint density at radius 3 is 2.50 bits per heavy atom. The second-order valence-corrected chi connectivity index (χ2v) is 4.02. The highest BCUT2D eigenvalue weighted by Crippen LogP contribution is 2.01. The van der Waals surface area contributed by atoms with E-state index in [9.17, 15) is 9.59 Å². The summed E-state index contributed by atoms with van der Waals surface area (Å²) in [5, 5.41) is 11.1. The van der Waals surface area contributed by atoms with Crippen molar-refractivity contribution in [2.45, 2.75) is 0 Å². The molecule has 0 aliphatic rings. The quantitative estimate of drug-likeness (QED) is 0.850. The lowest BCUT2D eigenvalue weighted by atomic mass is 10.1. The molecule has 0 fully saturated rings. The molecule has 1 aromatic carbocycles. The number of nitrogens with zero attached hydrogens (tertiary/aromatic N) is 2. The summed E-state index contributed by atoms with van der Waals surface area (Å²) in [7, 11) is 0. The minimum Gasteiger partial charge on any atom is -0.343 e. The molecule has 20 heavy (non-hydrogen) atoms. The number of carbonyl (C=O) groups is 2. The van der Waals surface area contributed by atoms with Gasteiger partial charge in [0.15, 0.2) is 5.78 Å². The summed E-state index contributed by atoms with van der Waals surface area (Å²) in [4.78, 5) is 27.4. The van der Waals surface area contributed by atoms with Crippen LogP contribution < -0.4 is 5.32 Å². The summed E-state index contributed by atoms with van der Waals surface area (Å²) in [5.74, 6) is -0.619. The third-order valence-electron chi connectivity index (χ3n) is 2.63. The van der Waals surface area contributed by atoms with E-state index in [1.54, 1.807) is 24.3 Å². The highest BCUT2D eigenvalue weighted by Gasteiger charge is 2.10. The van der Waals surface area contributed by atoms with Gasteiger partial charge < -0.3 is 5.32 Å². The molecule has 0 bridgehead atoms. The minimum absolute atomic E-state index is 0.0927. The number of amides is 1. The van der Waals surface area contributed by atoms with E-state index in [1.807, 2.05) is 12.1 Å². The van der Waals surface area contributed by atoms with Crippen LogP contribution in [-0.2, 0) is 0 Å². The minimum atomic E-state index is -0.446. The number of nitrogens with one attached hydrogen (secondary N) is 1. The van der Waals surface area contributed by atoms with Crippen molar-refractivity contribution in [2.24, 2.45) is 0 Å². The van der Waals surface area contributed by atoms with Crippen LogP contribution in [0.4, 0.5) is 0 Å². The molecule has 0 saturated carbocycles. The average molecular weight is 265 g/mol. The first-order valence-corrected chi connectivity index (χ1v) is 5.93. The van der Waals surface area contributed by atoms with Crippen LogP contribution in [0.15, 0.2) is 48.7 Å². The van der Waals surface area contributed by atoms with E-state index in [1.165, 1.54) is 18.3 Å². The van der Waals surface area contributed by atoms with E-state index in [4.69, 9.17) is 5.26 Å². The van der Waals surface area contributed by atoms with Gasteiger partial charge in [-0.15, -0.1) is 0 Å². The number of benzene rings is 1. The Morgan fingerprint density at radius 2 is 1.90 bits per heavy atom. The number of ketones is 1. The Hall–Kier alpha value is -3.00. The molecule has 2 aromatic rings. The monoisotopic (exact) mass is 265 g/mol. The van der Waals surface area contributed by atoms with Crippen LogP contribution in [0.2, 0.25) is 0 Å². The second-order valence-electron chi connectivity index (χ2n) is 4.02. The molecule has 5 nitrogen and oxygen atoms in total. The highest BCUT2D eigenvalue weighted by atomic mass is 16.2. The van der Waals surface area contributed by atoms with E-state index < -0.39 is 5.91 Å². The van der Waals surface area contributed by atoms with Gasteiger partial charge in [-0.05, 0) is 12.1 Å². The normalized spacial score (nSPS) is 9.55. The molecule has 1 aromatic heterocycles. The number of rotatable bonds is 4. The summed E-state index contributed by atoms with van der Waals surface area (Å²) < 4.78 is 0. The van der Waals surface area contributed by atoms with Crippen LogP contribution in [0, 0.1) is 11.3 Å². The molecule has 0 spiro atoms. The molecule has 1 heterocycles. The largest absolute Gasteiger partial charge is 0.343 e. The molecule has 5 heteroatoms. The average Bonchev–Trinajstić information content (AvgIpc) is 2.53. The predicted octanol–water partition coefficient (Wildman–Crippen LogP) is 1.57. The zero-order valence-electron chi connectivity index (χ0n) is 10.5. The van der Waals surface area contributed by atoms with Crippen molar-refractivity contribution < 1.29 is 9.59 Å². The van der Waals surface area contributed by atoms with Gasteiger partial charge in [0, 0.05) is 11.8 Å². The van der Waals surface area contributed by atoms with E-state index in [2.05, 4.69) is 10.3 Å². The Bertz CT molecular complexity index is 658. The molecular formula is C15H11N3O2. The standard InChI is InChI=1S/C15H11N3O2/c16-8-11-6-7-13(17-9-11)15(20)18-10-14(19)12-4-2-1-3-5-12/h1-7,9H,10H2,(H,18,20). The van der Waals surface area contributed by atoms with Gasteiger partial charge >= 0.3 is 0 Å². The smallest absolute Gasteiger partial charge is 0.270 e. The lowest BCUT2D eigenvalue weighted by Crippen LogP contribution is -2.30. The third-order valence-corrected chi connectivity index (χ3v) is 2.63. The Balaban J connectivity index is 1.95. The van der Waals surface area contributed by atoms with E-state index in [-0.39, 0.29) is 18.0 Å². The van der Waals surface area contributed by atoms with Gasteiger partial charge in [0.2, 0.25) is 0 Å². The van der Waals surface area contributed by atoms with E-state index in [0.29, 0.717) is 11.1 Å². The SMILES string of the molecule is N#Cc1ccc(C(=O)NCC(=O)c2ccccc2)nc1. The first-order chi connectivity index (χ1) is 9.70. The van der Waals surface area contributed by atoms with Crippen LogP contribution >= 0.6 is 0 Å². The third kappa shape index (κ3) is 3.27. The molecule has 98 valence electrons. The van der Waals surface area contributed by atoms with E-state index in [0.717, 1.165) is 0 Å². The van der Waals surface area contributed by atoms with Gasteiger partial charge in [-0.2, -0.15) is 5.26 Å². The molecule has 0 atom stereocenters. The fourth-order valence-corrected chi connectivity index (χ4v) is 1.57. The zero-order chi connectivity index (χ0) is 14.4. The Kier molecular flexibility index (Phi) is 4.20. The lowest BCUT2D eigenvalue weighted by Gasteiger charge is -2.04. The summed E-state index contributed by atoms with van der Waals surface area (Å²) in [6, 6.07) is 13.6. The Labute approximate surface area is 115 Å². The zero-order valence-corrected chi connectivity index (χ0v) is 10.5. The predicted molar refractivity (Wildman–Crippen MR) is 72.1 cm³/mol. The summed E-state index contributed by atoms with van der Waals surface area (Å²) in [6.45, 7) is -0.0927. The van der Waals surface area contributed by atoms with Gasteiger partial charge in [0.1, 0.15) is 11.8 Å². The van der Waals surface area contributed by atoms with Crippen molar-refractivity contribution in [1.82, 2.24) is 10.3 Å². The number of nitriles is 1. The van der Waals surface area contributed by atoms with Gasteiger partial charge in [-0.1, -0.05) is 30.3 Å². The number of Topliss-reactive ketones (excluding diaryl/α,β-unsaturated/α-hetero) is 1. The van der Waals surface area contributed by atoms with Gasteiger partial charge in [0.25, 0.3) is 5.91 Å². The van der Waals surface area contributed by atoms with Crippen molar-refractivity contribution in [3.05, 3.63) is 65.5 Å². The van der Waals surface area contributed by atoms with Gasteiger partial charge in [0.05, 0.1) is 12.1 Å². The fraction of sp³-hybridized carbons (Fsp3) is 0.0667. The first-order valence-electron chi connectivity index (χ1n) is 5.93. The molecular weight excluding hydrogens is 254 g/mol. The van der Waals surface area contributed by atoms with Crippen molar-refractivity contribution in [2.75, 3.05) is 6.54 Å². The maximum absolute atomic E-state index is 11.8. The summed E-state index contributed by atoms with van der Waals surface area (Å²) >= 11 is 0. The lowest BCUT2D eigenvalue weighted by molar-refractivity contribution is 0.0901. The van der Waals surface area contributed by atoms with Crippen LogP contribution in [0.3, 0.4) is 0 Å². The molecule has 0 saturated heterocycles. The second kappa shape index (κ2) is 6.25. The number of carbonyl (C=O) groups excluding carboxylic acids is 2. The number of hydrogen-bond donors (Lipinski definition) is 1. The molecule has 0 aliphatic heterocycles. The Morgan fingerprint density at radius 1 is 1.15 bits per heavy atom. The maximum Gasteiger partial charge on any atom is 0.270 e. The van der Waals surface area contributed by atoms with Crippen molar-refractivity contribution in [3.63, 3.8) is 0 Å². The van der Waals surface area contributed by atoms with Crippen molar-refractivity contribution >= 4 is 11.7 Å².